The summed E-state index contributed by atoms with van der Waals surface area (Å²) in [6.07, 6.45) is 0. The summed E-state index contributed by atoms with van der Waals surface area (Å²) in [5, 5.41) is 18.8. The van der Waals surface area contributed by atoms with Crippen molar-refractivity contribution in [3.05, 3.63) is 23.3 Å². The number of ketones is 1. The molecule has 0 bridgehead atoms. The number of aromatic hydroxyl groups is 1. The third-order valence-electron chi connectivity index (χ3n) is 2.24. The topological polar surface area (TPSA) is 66.8 Å². The second kappa shape index (κ2) is 2.48. The van der Waals surface area contributed by atoms with Crippen molar-refractivity contribution < 1.29 is 19.7 Å². The first-order chi connectivity index (χ1) is 6.42. The molecule has 0 aliphatic carbocycles. The molecule has 1 aliphatic heterocycles. The van der Waals surface area contributed by atoms with Crippen LogP contribution >= 0.6 is 0 Å². The minimum Gasteiger partial charge on any atom is -0.508 e. The van der Waals surface area contributed by atoms with Crippen molar-refractivity contribution in [1.29, 1.82) is 0 Å². The molecule has 4 heteroatoms. The summed E-state index contributed by atoms with van der Waals surface area (Å²) in [5.41, 5.74) is 0.940. The summed E-state index contributed by atoms with van der Waals surface area (Å²) >= 11 is 0. The summed E-state index contributed by atoms with van der Waals surface area (Å²) in [6, 6.07) is 2.78. The van der Waals surface area contributed by atoms with E-state index in [1.807, 2.05) is 0 Å². The summed E-state index contributed by atoms with van der Waals surface area (Å²) in [6.45, 7) is 2.97. The Balaban J connectivity index is 2.66. The molecule has 2 rings (SSSR count). The molecule has 1 aliphatic rings. The number of carbonyl (C=O) groups excluding carboxylic acids is 1. The van der Waals surface area contributed by atoms with Crippen LogP contribution in [0.1, 0.15) is 22.8 Å². The number of rotatable bonds is 0. The van der Waals surface area contributed by atoms with Crippen LogP contribution in [0.5, 0.6) is 11.5 Å². The average molecular weight is 194 g/mol. The van der Waals surface area contributed by atoms with Crippen molar-refractivity contribution in [2.24, 2.45) is 0 Å². The number of phenols is 1. The highest BCUT2D eigenvalue weighted by molar-refractivity contribution is 6.07. The molecule has 0 fully saturated rings. The predicted molar refractivity (Wildman–Crippen MR) is 48.4 cm³/mol. The lowest BCUT2D eigenvalue weighted by atomic mass is 10.0. The molecular weight excluding hydrogens is 184 g/mol. The highest BCUT2D eigenvalue weighted by Crippen LogP contribution is 2.38. The monoisotopic (exact) mass is 194 g/mol. The molecule has 1 heterocycles. The lowest BCUT2D eigenvalue weighted by Crippen LogP contribution is -2.35. The first kappa shape index (κ1) is 9.02. The van der Waals surface area contributed by atoms with Crippen LogP contribution in [0.2, 0.25) is 0 Å². The number of aliphatic hydroxyl groups is 1. The van der Waals surface area contributed by atoms with Crippen LogP contribution in [0, 0.1) is 6.92 Å². The van der Waals surface area contributed by atoms with Crippen molar-refractivity contribution in [3.8, 4) is 11.5 Å². The number of ether oxygens (including phenoxy) is 1. The zero-order valence-corrected chi connectivity index (χ0v) is 7.87. The van der Waals surface area contributed by atoms with Gasteiger partial charge in [-0.15, -0.1) is 0 Å². The molecular formula is C10H10O4. The normalized spacial score (nSPS) is 24.6. The molecule has 0 spiro atoms. The van der Waals surface area contributed by atoms with Crippen molar-refractivity contribution in [2.45, 2.75) is 19.6 Å². The number of Topliss-reactive ketones (excluding diaryl/α,β-unsaturated/α-hetero) is 1. The van der Waals surface area contributed by atoms with E-state index in [1.165, 1.54) is 19.1 Å². The van der Waals surface area contributed by atoms with Gasteiger partial charge in [-0.1, -0.05) is 0 Å². The van der Waals surface area contributed by atoms with Crippen LogP contribution in [-0.4, -0.2) is 21.8 Å². The van der Waals surface area contributed by atoms with Gasteiger partial charge in [0.1, 0.15) is 11.5 Å². The Hall–Kier alpha value is -1.55. The molecule has 0 unspecified atom stereocenters. The number of hydrogen-bond donors (Lipinski definition) is 2. The van der Waals surface area contributed by atoms with Crippen LogP contribution in [0.3, 0.4) is 0 Å². The Morgan fingerprint density at radius 3 is 2.71 bits per heavy atom. The van der Waals surface area contributed by atoms with Gasteiger partial charge in [0, 0.05) is 13.0 Å². The van der Waals surface area contributed by atoms with Gasteiger partial charge in [-0.05, 0) is 18.6 Å². The Labute approximate surface area is 80.7 Å². The van der Waals surface area contributed by atoms with Crippen molar-refractivity contribution in [3.63, 3.8) is 0 Å². The summed E-state index contributed by atoms with van der Waals surface area (Å²) < 4.78 is 5.01. The first-order valence-electron chi connectivity index (χ1n) is 4.21. The van der Waals surface area contributed by atoms with E-state index in [1.54, 1.807) is 6.92 Å². The fraction of sp³-hybridized carbons (Fsp3) is 0.300. The molecule has 1 atom stereocenters. The standard InChI is InChI=1S/C10H10O4/c1-5-3-6(11)4-7-8(5)9(12)10(2,13)14-7/h3-4,11,13H,1-2H3/t10-/m1/s1. The molecule has 0 aromatic heterocycles. The van der Waals surface area contributed by atoms with E-state index in [-0.39, 0.29) is 11.5 Å². The minimum atomic E-state index is -1.80. The molecule has 0 saturated carbocycles. The summed E-state index contributed by atoms with van der Waals surface area (Å²) in [7, 11) is 0. The lowest BCUT2D eigenvalue weighted by Gasteiger charge is -2.13. The number of phenolic OH excluding ortho intramolecular Hbond substituents is 1. The highest BCUT2D eigenvalue weighted by Gasteiger charge is 2.43. The fourth-order valence-corrected chi connectivity index (χ4v) is 1.60. The van der Waals surface area contributed by atoms with Crippen molar-refractivity contribution in [1.82, 2.24) is 0 Å². The lowest BCUT2D eigenvalue weighted by molar-refractivity contribution is -0.0749. The number of hydrogen-bond acceptors (Lipinski definition) is 4. The minimum absolute atomic E-state index is 0.0201. The Morgan fingerprint density at radius 2 is 2.07 bits per heavy atom. The Bertz CT molecular complexity index is 420. The molecule has 0 amide bonds. The van der Waals surface area contributed by atoms with Crippen molar-refractivity contribution in [2.75, 3.05) is 0 Å². The maximum Gasteiger partial charge on any atom is 0.270 e. The fourth-order valence-electron chi connectivity index (χ4n) is 1.60. The Kier molecular flexibility index (Phi) is 1.60. The molecule has 2 N–H and O–H groups in total. The zero-order valence-electron chi connectivity index (χ0n) is 7.87. The predicted octanol–water partition coefficient (Wildman–Crippen LogP) is 0.984. The van der Waals surface area contributed by atoms with Gasteiger partial charge in [-0.25, -0.2) is 0 Å². The van der Waals surface area contributed by atoms with E-state index in [9.17, 15) is 15.0 Å². The molecule has 1 aromatic rings. The maximum absolute atomic E-state index is 11.6. The second-order valence-corrected chi connectivity index (χ2v) is 3.55. The third kappa shape index (κ3) is 1.08. The largest absolute Gasteiger partial charge is 0.508 e. The van der Waals surface area contributed by atoms with Crippen molar-refractivity contribution >= 4 is 5.78 Å². The van der Waals surface area contributed by atoms with Crippen LogP contribution in [0.25, 0.3) is 0 Å². The molecule has 74 valence electrons. The highest BCUT2D eigenvalue weighted by atomic mass is 16.6. The van der Waals surface area contributed by atoms with Gasteiger partial charge in [0.2, 0.25) is 5.78 Å². The van der Waals surface area contributed by atoms with E-state index in [2.05, 4.69) is 0 Å². The quantitative estimate of drug-likeness (QED) is 0.646. The molecule has 4 nitrogen and oxygen atoms in total. The van der Waals surface area contributed by atoms with E-state index < -0.39 is 11.6 Å². The third-order valence-corrected chi connectivity index (χ3v) is 2.24. The number of fused-ring (bicyclic) bond motifs is 1. The first-order valence-corrected chi connectivity index (χ1v) is 4.21. The van der Waals surface area contributed by atoms with Gasteiger partial charge >= 0.3 is 0 Å². The van der Waals surface area contributed by atoms with E-state index in [0.29, 0.717) is 11.1 Å². The van der Waals surface area contributed by atoms with Gasteiger partial charge in [0.05, 0.1) is 5.56 Å². The van der Waals surface area contributed by atoms with E-state index >= 15 is 0 Å². The summed E-state index contributed by atoms with van der Waals surface area (Å²) in [5.74, 6) is -2.02. The van der Waals surface area contributed by atoms with E-state index in [4.69, 9.17) is 4.74 Å². The number of carbonyl (C=O) groups is 1. The number of benzene rings is 1. The molecule has 1 aromatic carbocycles. The van der Waals surface area contributed by atoms with Gasteiger partial charge in [0.25, 0.3) is 5.79 Å². The van der Waals surface area contributed by atoms with Crippen LogP contribution < -0.4 is 4.74 Å². The number of aryl methyl sites for hydroxylation is 1. The molecule has 0 saturated heterocycles. The second-order valence-electron chi connectivity index (χ2n) is 3.55. The van der Waals surface area contributed by atoms with Gasteiger partial charge < -0.3 is 14.9 Å². The zero-order chi connectivity index (χ0) is 10.5. The maximum atomic E-state index is 11.6. The summed E-state index contributed by atoms with van der Waals surface area (Å²) in [4.78, 5) is 11.6. The Morgan fingerprint density at radius 1 is 1.43 bits per heavy atom. The van der Waals surface area contributed by atoms with Crippen LogP contribution in [-0.2, 0) is 0 Å². The van der Waals surface area contributed by atoms with Gasteiger partial charge in [0.15, 0.2) is 0 Å². The SMILES string of the molecule is Cc1cc(O)cc2c1C(=O)[C@](C)(O)O2. The molecule has 0 radical (unpaired) electrons. The van der Waals surface area contributed by atoms with Crippen LogP contribution in [0.4, 0.5) is 0 Å². The average Bonchev–Trinajstić information content (AvgIpc) is 2.21. The van der Waals surface area contributed by atoms with Crippen LogP contribution in [0.15, 0.2) is 12.1 Å². The smallest absolute Gasteiger partial charge is 0.270 e. The molecule has 14 heavy (non-hydrogen) atoms. The van der Waals surface area contributed by atoms with Gasteiger partial charge in [-0.3, -0.25) is 4.79 Å². The van der Waals surface area contributed by atoms with Gasteiger partial charge in [-0.2, -0.15) is 0 Å². The van der Waals surface area contributed by atoms with E-state index in [0.717, 1.165) is 0 Å².